The summed E-state index contributed by atoms with van der Waals surface area (Å²) in [5.74, 6) is 0.597. The van der Waals surface area contributed by atoms with Gasteiger partial charge in [-0.1, -0.05) is 29.8 Å². The molecule has 0 fully saturated rings. The molecule has 1 rings (SSSR count). The minimum Gasteiger partial charge on any atom is -0.497 e. The van der Waals surface area contributed by atoms with Crippen LogP contribution in [0.15, 0.2) is 22.7 Å². The molecule has 1 aromatic carbocycles. The van der Waals surface area contributed by atoms with Crippen LogP contribution in [0, 0.1) is 5.41 Å². The molecular formula is C15H21Br2NO2. The Bertz CT molecular complexity index is 461. The molecule has 0 aliphatic rings. The number of nitrogens with one attached hydrogen (secondary N) is 1. The SMILES string of the molecule is COc1ccc(Br)c(C(=O)NCC(C)(C)CCCBr)c1. The minimum atomic E-state index is -0.0808. The highest BCUT2D eigenvalue weighted by molar-refractivity contribution is 9.10. The van der Waals surface area contributed by atoms with E-state index >= 15 is 0 Å². The molecule has 0 aromatic heterocycles. The molecule has 1 amide bonds. The van der Waals surface area contributed by atoms with Crippen molar-refractivity contribution >= 4 is 37.8 Å². The molecule has 0 saturated heterocycles. The van der Waals surface area contributed by atoms with Crippen LogP contribution in [-0.4, -0.2) is 24.9 Å². The number of benzene rings is 1. The molecule has 0 heterocycles. The third kappa shape index (κ3) is 5.44. The Labute approximate surface area is 137 Å². The largest absolute Gasteiger partial charge is 0.497 e. The fourth-order valence-corrected chi connectivity index (χ4v) is 2.56. The van der Waals surface area contributed by atoms with Gasteiger partial charge in [0.25, 0.3) is 5.91 Å². The third-order valence-corrected chi connectivity index (χ3v) is 4.39. The summed E-state index contributed by atoms with van der Waals surface area (Å²) in [4.78, 5) is 12.2. The molecule has 0 aliphatic heterocycles. The molecule has 0 unspecified atom stereocenters. The lowest BCUT2D eigenvalue weighted by molar-refractivity contribution is 0.0933. The van der Waals surface area contributed by atoms with Crippen molar-refractivity contribution in [2.24, 2.45) is 5.41 Å². The second-order valence-electron chi connectivity index (χ2n) is 5.49. The molecule has 0 spiro atoms. The van der Waals surface area contributed by atoms with Crippen LogP contribution in [0.25, 0.3) is 0 Å². The summed E-state index contributed by atoms with van der Waals surface area (Å²) in [7, 11) is 1.59. The van der Waals surface area contributed by atoms with Crippen molar-refractivity contribution < 1.29 is 9.53 Å². The molecule has 0 aliphatic carbocycles. The summed E-state index contributed by atoms with van der Waals surface area (Å²) in [6.07, 6.45) is 2.17. The molecule has 5 heteroatoms. The normalized spacial score (nSPS) is 11.2. The molecule has 0 saturated carbocycles. The summed E-state index contributed by atoms with van der Waals surface area (Å²) in [5, 5.41) is 3.99. The summed E-state index contributed by atoms with van der Waals surface area (Å²) in [6, 6.07) is 5.38. The van der Waals surface area contributed by atoms with Crippen LogP contribution in [0.1, 0.15) is 37.0 Å². The lowest BCUT2D eigenvalue weighted by Gasteiger charge is -2.24. The first-order chi connectivity index (χ1) is 9.39. The van der Waals surface area contributed by atoms with Gasteiger partial charge in [-0.25, -0.2) is 0 Å². The Morgan fingerprint density at radius 2 is 2.10 bits per heavy atom. The van der Waals surface area contributed by atoms with E-state index in [1.165, 1.54) is 0 Å². The third-order valence-electron chi connectivity index (χ3n) is 3.13. The molecule has 0 radical (unpaired) electrons. The van der Waals surface area contributed by atoms with Gasteiger partial charge in [-0.15, -0.1) is 0 Å². The van der Waals surface area contributed by atoms with E-state index in [1.807, 2.05) is 12.1 Å². The number of hydrogen-bond acceptors (Lipinski definition) is 2. The van der Waals surface area contributed by atoms with Gasteiger partial charge in [0.2, 0.25) is 0 Å². The molecular weight excluding hydrogens is 386 g/mol. The number of methoxy groups -OCH3 is 1. The second kappa shape index (κ2) is 8.03. The molecule has 3 nitrogen and oxygen atoms in total. The van der Waals surface area contributed by atoms with Crippen molar-refractivity contribution in [2.75, 3.05) is 19.0 Å². The van der Waals surface area contributed by atoms with E-state index in [0.29, 0.717) is 17.9 Å². The first-order valence-electron chi connectivity index (χ1n) is 6.57. The number of carbonyl (C=O) groups is 1. The fraction of sp³-hybridized carbons (Fsp3) is 0.533. The quantitative estimate of drug-likeness (QED) is 0.682. The predicted molar refractivity (Wildman–Crippen MR) is 89.8 cm³/mol. The summed E-state index contributed by atoms with van der Waals surface area (Å²) in [5.41, 5.74) is 0.690. The maximum absolute atomic E-state index is 12.2. The standard InChI is InChI=1S/C15H21Br2NO2/c1-15(2,7-4-8-16)10-18-14(19)12-9-11(20-3)5-6-13(12)17/h5-6,9H,4,7-8,10H2,1-3H3,(H,18,19). The highest BCUT2D eigenvalue weighted by Crippen LogP contribution is 2.24. The van der Waals surface area contributed by atoms with Crippen LogP contribution in [-0.2, 0) is 0 Å². The maximum atomic E-state index is 12.2. The van der Waals surface area contributed by atoms with E-state index in [9.17, 15) is 4.79 Å². The van der Waals surface area contributed by atoms with Crippen LogP contribution in [0.5, 0.6) is 5.75 Å². The van der Waals surface area contributed by atoms with E-state index in [1.54, 1.807) is 13.2 Å². The van der Waals surface area contributed by atoms with Gasteiger partial charge >= 0.3 is 0 Å². The van der Waals surface area contributed by atoms with Crippen molar-refractivity contribution in [1.82, 2.24) is 5.32 Å². The highest BCUT2D eigenvalue weighted by Gasteiger charge is 2.19. The van der Waals surface area contributed by atoms with Crippen LogP contribution >= 0.6 is 31.9 Å². The highest BCUT2D eigenvalue weighted by atomic mass is 79.9. The van der Waals surface area contributed by atoms with Gasteiger partial charge in [-0.2, -0.15) is 0 Å². The average molecular weight is 407 g/mol. The molecule has 1 aromatic rings. The molecule has 20 heavy (non-hydrogen) atoms. The Balaban J connectivity index is 2.67. The van der Waals surface area contributed by atoms with Crippen LogP contribution < -0.4 is 10.1 Å². The van der Waals surface area contributed by atoms with Gasteiger partial charge in [-0.05, 0) is 52.4 Å². The predicted octanol–water partition coefficient (Wildman–Crippen LogP) is 4.39. The van der Waals surface area contributed by atoms with Gasteiger partial charge < -0.3 is 10.1 Å². The zero-order chi connectivity index (χ0) is 15.2. The number of alkyl halides is 1. The zero-order valence-corrected chi connectivity index (χ0v) is 15.3. The van der Waals surface area contributed by atoms with Crippen LogP contribution in [0.2, 0.25) is 0 Å². The molecule has 112 valence electrons. The fourth-order valence-electron chi connectivity index (χ4n) is 1.85. The Morgan fingerprint density at radius 1 is 1.40 bits per heavy atom. The lowest BCUT2D eigenvalue weighted by Crippen LogP contribution is -2.34. The lowest BCUT2D eigenvalue weighted by atomic mass is 9.88. The Kier molecular flexibility index (Phi) is 7.03. The average Bonchev–Trinajstić information content (AvgIpc) is 2.43. The molecule has 0 bridgehead atoms. The van der Waals surface area contributed by atoms with Gasteiger partial charge in [-0.3, -0.25) is 4.79 Å². The number of amides is 1. The van der Waals surface area contributed by atoms with E-state index in [2.05, 4.69) is 51.0 Å². The van der Waals surface area contributed by atoms with Crippen molar-refractivity contribution in [1.29, 1.82) is 0 Å². The van der Waals surface area contributed by atoms with Crippen molar-refractivity contribution in [3.8, 4) is 5.75 Å². The maximum Gasteiger partial charge on any atom is 0.252 e. The van der Waals surface area contributed by atoms with Gasteiger partial charge in [0.1, 0.15) is 5.75 Å². The first-order valence-corrected chi connectivity index (χ1v) is 8.49. The van der Waals surface area contributed by atoms with E-state index in [0.717, 1.165) is 22.6 Å². The monoisotopic (exact) mass is 405 g/mol. The Morgan fingerprint density at radius 3 is 2.70 bits per heavy atom. The van der Waals surface area contributed by atoms with Crippen LogP contribution in [0.3, 0.4) is 0 Å². The van der Waals surface area contributed by atoms with Gasteiger partial charge in [0.15, 0.2) is 0 Å². The number of ether oxygens (including phenoxy) is 1. The number of hydrogen-bond donors (Lipinski definition) is 1. The minimum absolute atomic E-state index is 0.0808. The van der Waals surface area contributed by atoms with E-state index in [4.69, 9.17) is 4.74 Å². The smallest absolute Gasteiger partial charge is 0.252 e. The first kappa shape index (κ1) is 17.5. The number of rotatable bonds is 7. The topological polar surface area (TPSA) is 38.3 Å². The number of halogens is 2. The van der Waals surface area contributed by atoms with Gasteiger partial charge in [0, 0.05) is 16.3 Å². The van der Waals surface area contributed by atoms with E-state index in [-0.39, 0.29) is 11.3 Å². The summed E-state index contributed by atoms with van der Waals surface area (Å²) < 4.78 is 5.92. The second-order valence-corrected chi connectivity index (χ2v) is 7.13. The Hall–Kier alpha value is -0.550. The van der Waals surface area contributed by atoms with Crippen molar-refractivity contribution in [2.45, 2.75) is 26.7 Å². The number of carbonyl (C=O) groups excluding carboxylic acids is 1. The van der Waals surface area contributed by atoms with Crippen molar-refractivity contribution in [3.63, 3.8) is 0 Å². The van der Waals surface area contributed by atoms with E-state index < -0.39 is 0 Å². The van der Waals surface area contributed by atoms with Gasteiger partial charge in [0.05, 0.1) is 12.7 Å². The molecule has 1 N–H and O–H groups in total. The summed E-state index contributed by atoms with van der Waals surface area (Å²) >= 11 is 6.84. The van der Waals surface area contributed by atoms with Crippen LogP contribution in [0.4, 0.5) is 0 Å². The molecule has 0 atom stereocenters. The van der Waals surface area contributed by atoms with Crippen molar-refractivity contribution in [3.05, 3.63) is 28.2 Å². The zero-order valence-electron chi connectivity index (χ0n) is 12.1. The summed E-state index contributed by atoms with van der Waals surface area (Å²) in [6.45, 7) is 4.98.